The Balaban J connectivity index is 1.89. The van der Waals surface area contributed by atoms with E-state index in [1.165, 1.54) is 0 Å². The second-order valence-electron chi connectivity index (χ2n) is 6.59. The average molecular weight is 441 g/mol. The maximum Gasteiger partial charge on any atom is 0.325 e. The van der Waals surface area contributed by atoms with Gasteiger partial charge in [0, 0.05) is 6.04 Å². The topological polar surface area (TPSA) is 90.8 Å². The lowest BCUT2D eigenvalue weighted by Crippen LogP contribution is -2.33. The third-order valence-electron chi connectivity index (χ3n) is 4.46. The van der Waals surface area contributed by atoms with Crippen LogP contribution in [0, 0.1) is 0 Å². The molecular formula is C21H26Cl2N2O4. The van der Waals surface area contributed by atoms with Crippen molar-refractivity contribution in [3.05, 3.63) is 57.6 Å². The molecule has 4 N–H and O–H groups in total. The molecule has 0 aromatic heterocycles. The molecule has 29 heavy (non-hydrogen) atoms. The first-order valence-electron chi connectivity index (χ1n) is 9.40. The van der Waals surface area contributed by atoms with Gasteiger partial charge in [-0.25, -0.2) is 0 Å². The standard InChI is InChI=1S/C21H26Cl2N2O4/c1-3-29-18(27)12-25-17-9-6-14(19(22)20(17)23)10-11-24-13(2)21(28)15-4-7-16(26)8-5-15/h4-9,13,21,24-26,28H,3,10-12H2,1-2H3/t13-,21+/m0/s1. The van der Waals surface area contributed by atoms with Gasteiger partial charge in [-0.1, -0.05) is 41.4 Å². The van der Waals surface area contributed by atoms with Gasteiger partial charge in [0.15, 0.2) is 0 Å². The van der Waals surface area contributed by atoms with Crippen molar-refractivity contribution < 1.29 is 19.7 Å². The van der Waals surface area contributed by atoms with Gasteiger partial charge in [-0.2, -0.15) is 0 Å². The molecule has 2 rings (SSSR count). The zero-order valence-electron chi connectivity index (χ0n) is 16.4. The molecule has 2 atom stereocenters. The highest BCUT2D eigenvalue weighted by atomic mass is 35.5. The van der Waals surface area contributed by atoms with Crippen molar-refractivity contribution in [2.45, 2.75) is 32.4 Å². The van der Waals surface area contributed by atoms with Gasteiger partial charge >= 0.3 is 5.97 Å². The van der Waals surface area contributed by atoms with E-state index in [2.05, 4.69) is 10.6 Å². The summed E-state index contributed by atoms with van der Waals surface area (Å²) in [5.41, 5.74) is 2.15. The van der Waals surface area contributed by atoms with Crippen LogP contribution in [0.1, 0.15) is 31.1 Å². The van der Waals surface area contributed by atoms with E-state index >= 15 is 0 Å². The Morgan fingerprint density at radius 2 is 1.83 bits per heavy atom. The lowest BCUT2D eigenvalue weighted by Gasteiger charge is -2.21. The zero-order valence-corrected chi connectivity index (χ0v) is 17.9. The molecule has 0 bridgehead atoms. The predicted molar refractivity (Wildman–Crippen MR) is 116 cm³/mol. The number of aromatic hydroxyl groups is 1. The van der Waals surface area contributed by atoms with Crippen molar-refractivity contribution in [1.29, 1.82) is 0 Å². The van der Waals surface area contributed by atoms with Crippen molar-refractivity contribution in [2.24, 2.45) is 0 Å². The summed E-state index contributed by atoms with van der Waals surface area (Å²) >= 11 is 12.7. The van der Waals surface area contributed by atoms with Crippen LogP contribution in [0.15, 0.2) is 36.4 Å². The quantitative estimate of drug-likeness (QED) is 0.418. The molecule has 2 aromatic carbocycles. The molecule has 0 aliphatic rings. The summed E-state index contributed by atoms with van der Waals surface area (Å²) in [6, 6.07) is 9.91. The number of rotatable bonds is 10. The minimum atomic E-state index is -0.705. The predicted octanol–water partition coefficient (Wildman–Crippen LogP) is 3.93. The number of ether oxygens (including phenoxy) is 1. The van der Waals surface area contributed by atoms with Gasteiger partial charge in [-0.15, -0.1) is 0 Å². The SMILES string of the molecule is CCOC(=O)CNc1ccc(CCN[C@@H](C)[C@@H](O)c2ccc(O)cc2)c(Cl)c1Cl. The minimum absolute atomic E-state index is 0.0114. The molecule has 0 unspecified atom stereocenters. The van der Waals surface area contributed by atoms with Crippen LogP contribution in [-0.2, 0) is 16.0 Å². The first kappa shape index (κ1) is 23.3. The van der Waals surface area contributed by atoms with Gasteiger partial charge in [0.25, 0.3) is 0 Å². The normalized spacial score (nSPS) is 13.0. The highest BCUT2D eigenvalue weighted by Gasteiger charge is 2.16. The monoisotopic (exact) mass is 440 g/mol. The Hall–Kier alpha value is -1.99. The molecule has 0 saturated carbocycles. The van der Waals surface area contributed by atoms with E-state index in [4.69, 9.17) is 27.9 Å². The number of benzene rings is 2. The number of nitrogens with one attached hydrogen (secondary N) is 2. The number of halogens is 2. The Bertz CT molecular complexity index is 815. The van der Waals surface area contributed by atoms with Crippen LogP contribution >= 0.6 is 23.2 Å². The molecule has 158 valence electrons. The van der Waals surface area contributed by atoms with E-state index in [1.807, 2.05) is 13.0 Å². The summed E-state index contributed by atoms with van der Waals surface area (Å²) in [6.07, 6.45) is -0.0901. The lowest BCUT2D eigenvalue weighted by molar-refractivity contribution is -0.140. The summed E-state index contributed by atoms with van der Waals surface area (Å²) in [4.78, 5) is 11.5. The molecule has 0 fully saturated rings. The van der Waals surface area contributed by atoms with Crippen molar-refractivity contribution in [2.75, 3.05) is 25.0 Å². The van der Waals surface area contributed by atoms with Crippen molar-refractivity contribution in [1.82, 2.24) is 5.32 Å². The van der Waals surface area contributed by atoms with Gasteiger partial charge in [0.2, 0.25) is 0 Å². The number of carbonyl (C=O) groups excluding carboxylic acids is 1. The second-order valence-corrected chi connectivity index (χ2v) is 7.34. The van der Waals surface area contributed by atoms with Crippen LogP contribution in [0.3, 0.4) is 0 Å². The summed E-state index contributed by atoms with van der Waals surface area (Å²) in [5.74, 6) is -0.206. The Morgan fingerprint density at radius 3 is 2.48 bits per heavy atom. The summed E-state index contributed by atoms with van der Waals surface area (Å²) in [6.45, 7) is 4.55. The average Bonchev–Trinajstić information content (AvgIpc) is 2.70. The van der Waals surface area contributed by atoms with Crippen LogP contribution in [0.5, 0.6) is 5.75 Å². The van der Waals surface area contributed by atoms with Gasteiger partial charge in [0.05, 0.1) is 28.4 Å². The smallest absolute Gasteiger partial charge is 0.325 e. The van der Waals surface area contributed by atoms with Gasteiger partial charge in [0.1, 0.15) is 12.3 Å². The van der Waals surface area contributed by atoms with E-state index in [-0.39, 0.29) is 24.3 Å². The van der Waals surface area contributed by atoms with Crippen LogP contribution in [-0.4, -0.2) is 41.9 Å². The largest absolute Gasteiger partial charge is 0.508 e. The fourth-order valence-electron chi connectivity index (χ4n) is 2.80. The number of hydrogen-bond donors (Lipinski definition) is 4. The van der Waals surface area contributed by atoms with Gasteiger partial charge in [-0.3, -0.25) is 4.79 Å². The molecule has 0 spiro atoms. The summed E-state index contributed by atoms with van der Waals surface area (Å²) in [5, 5.41) is 26.7. The molecule has 0 radical (unpaired) electrons. The first-order chi connectivity index (χ1) is 13.8. The second kappa shape index (κ2) is 11.3. The number of carbonyl (C=O) groups is 1. The van der Waals surface area contributed by atoms with Crippen molar-refractivity contribution in [3.63, 3.8) is 0 Å². The van der Waals surface area contributed by atoms with Crippen LogP contribution in [0.2, 0.25) is 10.0 Å². The molecular weight excluding hydrogens is 415 g/mol. The van der Waals surface area contributed by atoms with Crippen LogP contribution in [0.4, 0.5) is 5.69 Å². The van der Waals surface area contributed by atoms with E-state index in [0.29, 0.717) is 35.3 Å². The number of hydrogen-bond acceptors (Lipinski definition) is 6. The van der Waals surface area contributed by atoms with Crippen molar-refractivity contribution >= 4 is 34.9 Å². The van der Waals surface area contributed by atoms with Crippen LogP contribution in [0.25, 0.3) is 0 Å². The van der Waals surface area contributed by atoms with E-state index in [9.17, 15) is 15.0 Å². The molecule has 0 amide bonds. The van der Waals surface area contributed by atoms with Gasteiger partial charge in [-0.05, 0) is 56.1 Å². The molecule has 8 heteroatoms. The number of aliphatic hydroxyl groups excluding tert-OH is 1. The molecule has 0 aliphatic heterocycles. The highest BCUT2D eigenvalue weighted by molar-refractivity contribution is 6.44. The Labute approximate surface area is 180 Å². The van der Waals surface area contributed by atoms with Crippen LogP contribution < -0.4 is 10.6 Å². The minimum Gasteiger partial charge on any atom is -0.508 e. The number of anilines is 1. The highest BCUT2D eigenvalue weighted by Crippen LogP contribution is 2.33. The van der Waals surface area contributed by atoms with E-state index < -0.39 is 6.10 Å². The fourth-order valence-corrected chi connectivity index (χ4v) is 3.32. The van der Waals surface area contributed by atoms with E-state index in [1.54, 1.807) is 37.3 Å². The summed E-state index contributed by atoms with van der Waals surface area (Å²) in [7, 11) is 0. The van der Waals surface area contributed by atoms with Crippen molar-refractivity contribution in [3.8, 4) is 5.75 Å². The Kier molecular flexibility index (Phi) is 9.04. The number of phenolic OH excluding ortho intramolecular Hbond substituents is 1. The molecule has 0 saturated heterocycles. The Morgan fingerprint density at radius 1 is 1.14 bits per heavy atom. The third kappa shape index (κ3) is 6.78. The number of phenols is 1. The summed E-state index contributed by atoms with van der Waals surface area (Å²) < 4.78 is 4.87. The molecule has 2 aromatic rings. The number of aliphatic hydroxyl groups is 1. The fraction of sp³-hybridized carbons (Fsp3) is 0.381. The maximum atomic E-state index is 11.5. The van der Waals surface area contributed by atoms with Gasteiger partial charge < -0.3 is 25.6 Å². The lowest BCUT2D eigenvalue weighted by atomic mass is 10.0. The zero-order chi connectivity index (χ0) is 21.4. The maximum absolute atomic E-state index is 11.5. The first-order valence-corrected chi connectivity index (χ1v) is 10.2. The molecule has 6 nitrogen and oxygen atoms in total. The number of esters is 1. The molecule has 0 aliphatic carbocycles. The third-order valence-corrected chi connectivity index (χ3v) is 5.38. The van der Waals surface area contributed by atoms with E-state index in [0.717, 1.165) is 11.1 Å². The molecule has 0 heterocycles.